The van der Waals surface area contributed by atoms with E-state index in [9.17, 15) is 4.79 Å². The number of rotatable bonds is 5. The highest BCUT2D eigenvalue weighted by Gasteiger charge is 2.32. The van der Waals surface area contributed by atoms with Crippen molar-refractivity contribution in [1.82, 2.24) is 10.6 Å². The zero-order valence-corrected chi connectivity index (χ0v) is 15.3. The summed E-state index contributed by atoms with van der Waals surface area (Å²) in [6, 6.07) is 6.21. The Morgan fingerprint density at radius 2 is 1.92 bits per heavy atom. The highest BCUT2D eigenvalue weighted by atomic mass is 35.5. The lowest BCUT2D eigenvalue weighted by Crippen LogP contribution is -2.47. The van der Waals surface area contributed by atoms with Crippen molar-refractivity contribution >= 4 is 18.3 Å². The maximum Gasteiger partial charge on any atom is 0.251 e. The van der Waals surface area contributed by atoms with E-state index in [1.165, 1.54) is 24.0 Å². The predicted octanol–water partition coefficient (Wildman–Crippen LogP) is 2.73. The summed E-state index contributed by atoms with van der Waals surface area (Å²) >= 11 is 0. The Morgan fingerprint density at radius 1 is 1.21 bits per heavy atom. The van der Waals surface area contributed by atoms with Crippen molar-refractivity contribution in [1.29, 1.82) is 0 Å². The molecule has 1 saturated heterocycles. The molecule has 0 aromatic heterocycles. The molecule has 1 aliphatic carbocycles. The maximum atomic E-state index is 12.6. The third kappa shape index (κ3) is 4.50. The Bertz CT molecular complexity index is 551. The van der Waals surface area contributed by atoms with Crippen molar-refractivity contribution in [2.75, 3.05) is 33.4 Å². The number of aryl methyl sites for hydroxylation is 2. The number of nitrogens with one attached hydrogen (secondary N) is 2. The Labute approximate surface area is 151 Å². The molecule has 0 atom stereocenters. The molecule has 134 valence electrons. The minimum Gasteiger partial charge on any atom is -0.384 e. The SMILES string of the molecule is COCC1(CNC(=O)c2ccc3c(c2)CCCC3)CCNCC1.Cl. The van der Waals surface area contributed by atoms with E-state index in [0.717, 1.165) is 44.3 Å². The van der Waals surface area contributed by atoms with Crippen LogP contribution in [0, 0.1) is 5.41 Å². The van der Waals surface area contributed by atoms with Gasteiger partial charge in [0.25, 0.3) is 5.91 Å². The number of carbonyl (C=O) groups excluding carboxylic acids is 1. The van der Waals surface area contributed by atoms with Gasteiger partial charge in [-0.25, -0.2) is 0 Å². The van der Waals surface area contributed by atoms with Crippen LogP contribution < -0.4 is 10.6 Å². The third-order valence-electron chi connectivity index (χ3n) is 5.35. The van der Waals surface area contributed by atoms with Crippen LogP contribution in [0.3, 0.4) is 0 Å². The van der Waals surface area contributed by atoms with E-state index in [1.54, 1.807) is 7.11 Å². The lowest BCUT2D eigenvalue weighted by Gasteiger charge is -2.37. The van der Waals surface area contributed by atoms with Crippen LogP contribution in [0.2, 0.25) is 0 Å². The van der Waals surface area contributed by atoms with Crippen LogP contribution in [-0.2, 0) is 17.6 Å². The van der Waals surface area contributed by atoms with E-state index in [2.05, 4.69) is 22.8 Å². The summed E-state index contributed by atoms with van der Waals surface area (Å²) in [7, 11) is 1.75. The molecule has 0 unspecified atom stereocenters. The minimum absolute atomic E-state index is 0. The van der Waals surface area contributed by atoms with Gasteiger partial charge >= 0.3 is 0 Å². The summed E-state index contributed by atoms with van der Waals surface area (Å²) in [5.41, 5.74) is 3.65. The molecular weight excluding hydrogens is 324 g/mol. The fraction of sp³-hybridized carbons (Fsp3) is 0.632. The average Bonchev–Trinajstić information content (AvgIpc) is 2.60. The van der Waals surface area contributed by atoms with Crippen molar-refractivity contribution in [2.24, 2.45) is 5.41 Å². The molecule has 0 bridgehead atoms. The van der Waals surface area contributed by atoms with Crippen molar-refractivity contribution in [3.05, 3.63) is 34.9 Å². The second-order valence-corrected chi connectivity index (χ2v) is 7.06. The highest BCUT2D eigenvalue weighted by Crippen LogP contribution is 2.28. The van der Waals surface area contributed by atoms with E-state index in [-0.39, 0.29) is 23.7 Å². The molecule has 24 heavy (non-hydrogen) atoms. The van der Waals surface area contributed by atoms with E-state index in [0.29, 0.717) is 13.2 Å². The van der Waals surface area contributed by atoms with Crippen LogP contribution in [0.5, 0.6) is 0 Å². The van der Waals surface area contributed by atoms with Gasteiger partial charge < -0.3 is 15.4 Å². The van der Waals surface area contributed by atoms with E-state index >= 15 is 0 Å². The Morgan fingerprint density at radius 3 is 2.62 bits per heavy atom. The van der Waals surface area contributed by atoms with Crippen LogP contribution in [0.15, 0.2) is 18.2 Å². The number of amides is 1. The molecule has 2 N–H and O–H groups in total. The van der Waals surface area contributed by atoms with Gasteiger partial charge in [0.1, 0.15) is 0 Å². The number of hydrogen-bond acceptors (Lipinski definition) is 3. The molecule has 0 spiro atoms. The van der Waals surface area contributed by atoms with Crippen molar-refractivity contribution < 1.29 is 9.53 Å². The maximum absolute atomic E-state index is 12.6. The largest absolute Gasteiger partial charge is 0.384 e. The van der Waals surface area contributed by atoms with E-state index in [4.69, 9.17) is 4.74 Å². The molecule has 2 aliphatic rings. The van der Waals surface area contributed by atoms with Gasteiger partial charge in [0.05, 0.1) is 6.61 Å². The summed E-state index contributed by atoms with van der Waals surface area (Å²) < 4.78 is 5.42. The Kier molecular flexibility index (Phi) is 7.08. The van der Waals surface area contributed by atoms with Crippen LogP contribution >= 0.6 is 12.4 Å². The van der Waals surface area contributed by atoms with E-state index < -0.39 is 0 Å². The first kappa shape index (κ1) is 19.2. The number of benzene rings is 1. The standard InChI is InChI=1S/C19H28N2O2.ClH/c1-23-14-19(8-10-20-11-9-19)13-21-18(22)17-7-6-15-4-2-3-5-16(15)12-17;/h6-7,12,20H,2-5,8-11,13-14H2,1H3,(H,21,22);1H. The zero-order valence-electron chi connectivity index (χ0n) is 14.5. The van der Waals surface area contributed by atoms with Crippen LogP contribution in [-0.4, -0.2) is 39.3 Å². The summed E-state index contributed by atoms with van der Waals surface area (Å²) in [5, 5.41) is 6.54. The lowest BCUT2D eigenvalue weighted by atomic mass is 9.79. The third-order valence-corrected chi connectivity index (χ3v) is 5.35. The molecule has 4 nitrogen and oxygen atoms in total. The quantitative estimate of drug-likeness (QED) is 0.856. The number of carbonyl (C=O) groups is 1. The molecule has 5 heteroatoms. The van der Waals surface area contributed by atoms with E-state index in [1.807, 2.05) is 6.07 Å². The van der Waals surface area contributed by atoms with Gasteiger partial charge in [-0.05, 0) is 74.9 Å². The first-order valence-electron chi connectivity index (χ1n) is 8.82. The van der Waals surface area contributed by atoms with Crippen LogP contribution in [0.1, 0.15) is 47.2 Å². The lowest BCUT2D eigenvalue weighted by molar-refractivity contribution is 0.0511. The molecule has 3 rings (SSSR count). The molecule has 1 fully saturated rings. The molecule has 1 heterocycles. The molecule has 1 aromatic carbocycles. The monoisotopic (exact) mass is 352 g/mol. The topological polar surface area (TPSA) is 50.4 Å². The van der Waals surface area contributed by atoms with Crippen LogP contribution in [0.4, 0.5) is 0 Å². The highest BCUT2D eigenvalue weighted by molar-refractivity contribution is 5.94. The molecule has 1 aliphatic heterocycles. The normalized spacial score (nSPS) is 19.0. The number of methoxy groups -OCH3 is 1. The second kappa shape index (κ2) is 8.84. The molecule has 1 amide bonds. The van der Waals surface area contributed by atoms with Crippen molar-refractivity contribution in [3.63, 3.8) is 0 Å². The first-order chi connectivity index (χ1) is 11.2. The number of piperidine rings is 1. The number of ether oxygens (including phenoxy) is 1. The molecular formula is C19H29ClN2O2. The fourth-order valence-electron chi connectivity index (χ4n) is 3.88. The summed E-state index contributed by atoms with van der Waals surface area (Å²) in [5.74, 6) is 0.0485. The number of halogens is 1. The Hall–Kier alpha value is -1.10. The molecule has 0 saturated carbocycles. The van der Waals surface area contributed by atoms with Gasteiger partial charge in [0.15, 0.2) is 0 Å². The predicted molar refractivity (Wildman–Crippen MR) is 99.1 cm³/mol. The summed E-state index contributed by atoms with van der Waals surface area (Å²) in [6.07, 6.45) is 6.86. The minimum atomic E-state index is 0. The van der Waals surface area contributed by atoms with Crippen molar-refractivity contribution in [2.45, 2.75) is 38.5 Å². The number of hydrogen-bond donors (Lipinski definition) is 2. The average molecular weight is 353 g/mol. The second-order valence-electron chi connectivity index (χ2n) is 7.06. The number of fused-ring (bicyclic) bond motifs is 1. The van der Waals surface area contributed by atoms with Crippen molar-refractivity contribution in [3.8, 4) is 0 Å². The van der Waals surface area contributed by atoms with Gasteiger partial charge in [-0.15, -0.1) is 12.4 Å². The molecule has 0 radical (unpaired) electrons. The zero-order chi connectivity index (χ0) is 16.1. The fourth-order valence-corrected chi connectivity index (χ4v) is 3.88. The Balaban J connectivity index is 0.00000208. The van der Waals surface area contributed by atoms with Gasteiger partial charge in [-0.2, -0.15) is 0 Å². The van der Waals surface area contributed by atoms with Crippen LogP contribution in [0.25, 0.3) is 0 Å². The van der Waals surface area contributed by atoms with Gasteiger partial charge in [-0.3, -0.25) is 4.79 Å². The smallest absolute Gasteiger partial charge is 0.251 e. The summed E-state index contributed by atoms with van der Waals surface area (Å²) in [6.45, 7) is 3.40. The first-order valence-corrected chi connectivity index (χ1v) is 8.82. The molecule has 1 aromatic rings. The van der Waals surface area contributed by atoms with Gasteiger partial charge in [0.2, 0.25) is 0 Å². The summed E-state index contributed by atoms with van der Waals surface area (Å²) in [4.78, 5) is 12.6. The van der Waals surface area contributed by atoms with Gasteiger partial charge in [0, 0.05) is 24.6 Å². The van der Waals surface area contributed by atoms with Gasteiger partial charge in [-0.1, -0.05) is 6.07 Å².